The second-order valence-corrected chi connectivity index (χ2v) is 8.97. The van der Waals surface area contributed by atoms with E-state index in [2.05, 4.69) is 5.32 Å². The van der Waals surface area contributed by atoms with Gasteiger partial charge >= 0.3 is 6.09 Å². The summed E-state index contributed by atoms with van der Waals surface area (Å²) in [5.41, 5.74) is 0.798. The van der Waals surface area contributed by atoms with Crippen LogP contribution in [-0.4, -0.2) is 41.4 Å². The summed E-state index contributed by atoms with van der Waals surface area (Å²) in [6.07, 6.45) is -0.137. The van der Waals surface area contributed by atoms with E-state index in [1.165, 1.54) is 11.3 Å². The van der Waals surface area contributed by atoms with Crippen LogP contribution < -0.4 is 10.1 Å². The first kappa shape index (κ1) is 21.8. The summed E-state index contributed by atoms with van der Waals surface area (Å²) in [6.45, 7) is 6.57. The van der Waals surface area contributed by atoms with Crippen LogP contribution in [-0.2, 0) is 16.1 Å². The van der Waals surface area contributed by atoms with Gasteiger partial charge in [-0.2, -0.15) is 0 Å². The Labute approximate surface area is 180 Å². The number of carbonyl (C=O) groups is 3. The number of amides is 2. The molecular weight excluding hydrogens is 404 g/mol. The van der Waals surface area contributed by atoms with Crippen molar-refractivity contribution in [2.75, 3.05) is 18.5 Å². The fraction of sp³-hybridized carbons (Fsp3) is 0.409. The number of carbonyl (C=O) groups excluding carboxylic acids is 3. The zero-order valence-electron chi connectivity index (χ0n) is 17.4. The smallest absolute Gasteiger partial charge is 0.410 e. The Morgan fingerprint density at radius 3 is 2.70 bits per heavy atom. The van der Waals surface area contributed by atoms with Crippen LogP contribution in [0.4, 0.5) is 10.5 Å². The van der Waals surface area contributed by atoms with Crippen molar-refractivity contribution in [3.8, 4) is 5.75 Å². The maximum absolute atomic E-state index is 12.4. The van der Waals surface area contributed by atoms with Crippen molar-refractivity contribution in [1.82, 2.24) is 4.90 Å². The van der Waals surface area contributed by atoms with E-state index in [0.29, 0.717) is 36.0 Å². The van der Waals surface area contributed by atoms with E-state index in [1.807, 2.05) is 32.2 Å². The van der Waals surface area contributed by atoms with Crippen LogP contribution in [0.3, 0.4) is 0 Å². The van der Waals surface area contributed by atoms with Gasteiger partial charge in [-0.1, -0.05) is 6.07 Å². The van der Waals surface area contributed by atoms with E-state index < -0.39 is 11.7 Å². The Balaban J connectivity index is 1.61. The third-order valence-corrected chi connectivity index (χ3v) is 5.26. The second-order valence-electron chi connectivity index (χ2n) is 8.02. The average Bonchev–Trinajstić information content (AvgIpc) is 3.12. The van der Waals surface area contributed by atoms with Crippen LogP contribution >= 0.6 is 11.3 Å². The third-order valence-electron chi connectivity index (χ3n) is 4.35. The van der Waals surface area contributed by atoms with E-state index in [9.17, 15) is 14.4 Å². The summed E-state index contributed by atoms with van der Waals surface area (Å²) >= 11 is 1.37. The number of hydrogen-bond donors (Lipinski definition) is 1. The Morgan fingerprint density at radius 2 is 2.00 bits per heavy atom. The molecule has 0 fully saturated rings. The van der Waals surface area contributed by atoms with E-state index >= 15 is 0 Å². The number of Topliss-reactive ketones (excluding diaryl/α,β-unsaturated/α-hetero) is 1. The number of benzene rings is 1. The molecule has 1 aromatic heterocycles. The lowest BCUT2D eigenvalue weighted by molar-refractivity contribution is -0.116. The molecule has 0 spiro atoms. The molecule has 0 atom stereocenters. The van der Waals surface area contributed by atoms with Gasteiger partial charge in [0.2, 0.25) is 5.91 Å². The number of fused-ring (bicyclic) bond motifs is 1. The van der Waals surface area contributed by atoms with Crippen molar-refractivity contribution < 1.29 is 23.9 Å². The fourth-order valence-electron chi connectivity index (χ4n) is 2.97. The minimum Gasteiger partial charge on any atom is -0.491 e. The van der Waals surface area contributed by atoms with Crippen molar-refractivity contribution in [2.45, 2.75) is 45.8 Å². The maximum Gasteiger partial charge on any atom is 0.410 e. The van der Waals surface area contributed by atoms with E-state index in [4.69, 9.17) is 9.47 Å². The molecule has 3 rings (SSSR count). The minimum absolute atomic E-state index is 0.0384. The van der Waals surface area contributed by atoms with E-state index in [0.717, 1.165) is 5.56 Å². The van der Waals surface area contributed by atoms with Gasteiger partial charge in [-0.25, -0.2) is 4.79 Å². The molecule has 0 radical (unpaired) electrons. The highest BCUT2D eigenvalue weighted by molar-refractivity contribution is 7.12. The quantitative estimate of drug-likeness (QED) is 0.707. The molecule has 2 heterocycles. The zero-order chi connectivity index (χ0) is 21.7. The predicted molar refractivity (Wildman–Crippen MR) is 115 cm³/mol. The summed E-state index contributed by atoms with van der Waals surface area (Å²) in [5.74, 6) is 0.397. The Bertz CT molecular complexity index is 918. The molecule has 0 aliphatic carbocycles. The highest BCUT2D eigenvalue weighted by atomic mass is 32.1. The molecule has 0 unspecified atom stereocenters. The van der Waals surface area contributed by atoms with Crippen molar-refractivity contribution in [1.29, 1.82) is 0 Å². The number of anilines is 1. The molecule has 1 aliphatic heterocycles. The SMILES string of the molecule is CC(C)(C)OC(=O)N1CCOc2ccc(NC(=O)CCC(=O)c3cccs3)cc2C1. The van der Waals surface area contributed by atoms with Gasteiger partial charge < -0.3 is 19.7 Å². The van der Waals surface area contributed by atoms with Gasteiger partial charge in [0.25, 0.3) is 0 Å². The normalized spacial score (nSPS) is 13.6. The number of ketones is 1. The molecule has 0 saturated carbocycles. The van der Waals surface area contributed by atoms with Gasteiger partial charge in [0.1, 0.15) is 18.0 Å². The van der Waals surface area contributed by atoms with Gasteiger partial charge in [-0.3, -0.25) is 9.59 Å². The van der Waals surface area contributed by atoms with Gasteiger partial charge in [0.05, 0.1) is 18.0 Å². The summed E-state index contributed by atoms with van der Waals surface area (Å²) in [7, 11) is 0. The van der Waals surface area contributed by atoms with Gasteiger partial charge in [0.15, 0.2) is 5.78 Å². The number of hydrogen-bond acceptors (Lipinski definition) is 6. The minimum atomic E-state index is -0.580. The molecule has 7 nitrogen and oxygen atoms in total. The van der Waals surface area contributed by atoms with Crippen molar-refractivity contribution in [2.24, 2.45) is 0 Å². The highest BCUT2D eigenvalue weighted by Gasteiger charge is 2.25. The molecule has 1 aliphatic rings. The molecule has 2 amide bonds. The summed E-state index contributed by atoms with van der Waals surface area (Å²) in [5, 5.41) is 4.66. The summed E-state index contributed by atoms with van der Waals surface area (Å²) in [6, 6.07) is 8.89. The molecule has 1 aromatic carbocycles. The van der Waals surface area contributed by atoms with Crippen LogP contribution in [0.2, 0.25) is 0 Å². The first-order valence-corrected chi connectivity index (χ1v) is 10.7. The van der Waals surface area contributed by atoms with Crippen LogP contribution in [0.25, 0.3) is 0 Å². The first-order valence-electron chi connectivity index (χ1n) is 9.81. The van der Waals surface area contributed by atoms with Crippen LogP contribution in [0.1, 0.15) is 48.8 Å². The van der Waals surface area contributed by atoms with Crippen molar-refractivity contribution in [3.05, 3.63) is 46.2 Å². The first-order chi connectivity index (χ1) is 14.2. The number of nitrogens with one attached hydrogen (secondary N) is 1. The Morgan fingerprint density at radius 1 is 1.20 bits per heavy atom. The van der Waals surface area contributed by atoms with Gasteiger partial charge in [-0.15, -0.1) is 11.3 Å². The summed E-state index contributed by atoms with van der Waals surface area (Å²) in [4.78, 5) is 39.0. The van der Waals surface area contributed by atoms with Crippen LogP contribution in [0, 0.1) is 0 Å². The second kappa shape index (κ2) is 9.30. The predicted octanol–water partition coefficient (Wildman–Crippen LogP) is 4.48. The van der Waals surface area contributed by atoms with Crippen molar-refractivity contribution >= 4 is 34.8 Å². The molecule has 0 saturated heterocycles. The molecule has 30 heavy (non-hydrogen) atoms. The molecule has 0 bridgehead atoms. The standard InChI is InChI=1S/C22H26N2O5S/c1-22(2,3)29-21(27)24-10-11-28-18-8-6-16(13-15(18)14-24)23-20(26)9-7-17(25)19-5-4-12-30-19/h4-6,8,12-13H,7,9-11,14H2,1-3H3,(H,23,26). The third kappa shape index (κ3) is 6.06. The lowest BCUT2D eigenvalue weighted by Crippen LogP contribution is -2.37. The zero-order valence-corrected chi connectivity index (χ0v) is 18.2. The molecular formula is C22H26N2O5S. The summed E-state index contributed by atoms with van der Waals surface area (Å²) < 4.78 is 11.2. The van der Waals surface area contributed by atoms with Gasteiger partial charge in [-0.05, 0) is 50.4 Å². The molecule has 1 N–H and O–H groups in total. The average molecular weight is 431 g/mol. The van der Waals surface area contributed by atoms with Crippen LogP contribution in [0.15, 0.2) is 35.7 Å². The largest absolute Gasteiger partial charge is 0.491 e. The van der Waals surface area contributed by atoms with Crippen molar-refractivity contribution in [3.63, 3.8) is 0 Å². The van der Waals surface area contributed by atoms with E-state index in [1.54, 1.807) is 29.2 Å². The number of ether oxygens (including phenoxy) is 2. The number of nitrogens with zero attached hydrogens (tertiary/aromatic N) is 1. The lowest BCUT2D eigenvalue weighted by atomic mass is 10.1. The number of thiophene rings is 1. The highest BCUT2D eigenvalue weighted by Crippen LogP contribution is 2.27. The molecule has 160 valence electrons. The van der Waals surface area contributed by atoms with Crippen LogP contribution in [0.5, 0.6) is 5.75 Å². The topological polar surface area (TPSA) is 84.9 Å². The fourth-order valence-corrected chi connectivity index (χ4v) is 3.66. The Kier molecular flexibility index (Phi) is 6.77. The Hall–Kier alpha value is -2.87. The molecule has 2 aromatic rings. The lowest BCUT2D eigenvalue weighted by Gasteiger charge is -2.26. The number of rotatable bonds is 5. The van der Waals surface area contributed by atoms with E-state index in [-0.39, 0.29) is 24.5 Å². The molecule has 8 heteroatoms. The van der Waals surface area contributed by atoms with Gasteiger partial charge in [0, 0.05) is 24.1 Å². The maximum atomic E-state index is 12.4. The monoisotopic (exact) mass is 430 g/mol.